The summed E-state index contributed by atoms with van der Waals surface area (Å²) in [6.07, 6.45) is 7.23. The summed E-state index contributed by atoms with van der Waals surface area (Å²) in [5.41, 5.74) is 9.61. The molecule has 19 heavy (non-hydrogen) atoms. The Morgan fingerprint density at radius 3 is 2.68 bits per heavy atom. The largest absolute Gasteiger partial charge is 0.369 e. The molecule has 1 aromatic carbocycles. The quantitative estimate of drug-likeness (QED) is 0.907. The second-order valence-corrected chi connectivity index (χ2v) is 6.64. The number of thioether (sulfide) groups is 1. The molecule has 1 aliphatic carbocycles. The van der Waals surface area contributed by atoms with Gasteiger partial charge in [-0.05, 0) is 56.6 Å². The van der Waals surface area contributed by atoms with Crippen LogP contribution >= 0.6 is 11.8 Å². The number of nitrogen functional groups attached to an aromatic ring is 1. The number of fused-ring (bicyclic) bond motifs is 1. The molecule has 3 nitrogen and oxygen atoms in total. The van der Waals surface area contributed by atoms with Gasteiger partial charge >= 0.3 is 0 Å². The number of aryl methyl sites for hydroxylation is 1. The van der Waals surface area contributed by atoms with Crippen LogP contribution in [0.25, 0.3) is 11.0 Å². The number of hydrogen-bond acceptors (Lipinski definition) is 3. The molecular weight excluding hydrogens is 254 g/mol. The lowest BCUT2D eigenvalue weighted by Gasteiger charge is -2.29. The third-order valence-corrected chi connectivity index (χ3v) is 5.35. The van der Waals surface area contributed by atoms with E-state index in [1.807, 2.05) is 11.8 Å². The van der Waals surface area contributed by atoms with E-state index in [0.29, 0.717) is 12.0 Å². The highest BCUT2D eigenvalue weighted by Crippen LogP contribution is 2.36. The van der Waals surface area contributed by atoms with Crippen LogP contribution in [0.1, 0.15) is 37.3 Å². The Kier molecular flexibility index (Phi) is 3.44. The molecule has 1 heterocycles. The molecular formula is C15H21N3S. The summed E-state index contributed by atoms with van der Waals surface area (Å²) in [6.45, 7) is 2.10. The van der Waals surface area contributed by atoms with Gasteiger partial charge in [0.15, 0.2) is 0 Å². The molecule has 0 aliphatic heterocycles. The first-order chi connectivity index (χ1) is 9.19. The molecule has 1 aromatic heterocycles. The van der Waals surface area contributed by atoms with E-state index in [0.717, 1.165) is 10.8 Å². The van der Waals surface area contributed by atoms with Crippen LogP contribution in [-0.2, 0) is 0 Å². The van der Waals surface area contributed by atoms with Crippen LogP contribution < -0.4 is 5.73 Å². The zero-order valence-corrected chi connectivity index (χ0v) is 12.4. The third-order valence-electron chi connectivity index (χ3n) is 4.21. The lowest BCUT2D eigenvalue weighted by molar-refractivity contribution is 0.370. The van der Waals surface area contributed by atoms with Crippen LogP contribution in [0, 0.1) is 6.92 Å². The molecule has 3 rings (SSSR count). The van der Waals surface area contributed by atoms with Crippen LogP contribution in [0.4, 0.5) is 5.95 Å². The molecule has 102 valence electrons. The molecule has 0 radical (unpaired) electrons. The van der Waals surface area contributed by atoms with Gasteiger partial charge < -0.3 is 10.3 Å². The van der Waals surface area contributed by atoms with Crippen molar-refractivity contribution in [2.45, 2.75) is 43.9 Å². The van der Waals surface area contributed by atoms with Crippen LogP contribution in [0.15, 0.2) is 18.2 Å². The van der Waals surface area contributed by atoms with Gasteiger partial charge in [-0.2, -0.15) is 11.8 Å². The predicted molar refractivity (Wildman–Crippen MR) is 83.7 cm³/mol. The van der Waals surface area contributed by atoms with E-state index in [2.05, 4.69) is 40.9 Å². The summed E-state index contributed by atoms with van der Waals surface area (Å²) in [4.78, 5) is 4.52. The standard InChI is InChI=1S/C15H21N3S/c1-10-3-8-14-13(9-10)17-15(16)18(14)11-4-6-12(19-2)7-5-11/h3,8-9,11-12H,4-7H2,1-2H3,(H2,16,17). The van der Waals surface area contributed by atoms with Crippen molar-refractivity contribution in [3.05, 3.63) is 23.8 Å². The highest BCUT2D eigenvalue weighted by molar-refractivity contribution is 7.99. The van der Waals surface area contributed by atoms with Crippen molar-refractivity contribution in [1.29, 1.82) is 0 Å². The van der Waals surface area contributed by atoms with Gasteiger partial charge in [0.2, 0.25) is 5.95 Å². The number of hydrogen-bond donors (Lipinski definition) is 1. The molecule has 0 spiro atoms. The zero-order valence-electron chi connectivity index (χ0n) is 11.6. The fourth-order valence-electron chi connectivity index (χ4n) is 3.15. The summed E-state index contributed by atoms with van der Waals surface area (Å²) in [5, 5.41) is 0.828. The van der Waals surface area contributed by atoms with E-state index in [-0.39, 0.29) is 0 Å². The van der Waals surface area contributed by atoms with Gasteiger partial charge in [0.05, 0.1) is 11.0 Å². The second kappa shape index (κ2) is 5.08. The van der Waals surface area contributed by atoms with E-state index in [4.69, 9.17) is 5.73 Å². The van der Waals surface area contributed by atoms with Gasteiger partial charge in [-0.3, -0.25) is 0 Å². The fourth-order valence-corrected chi connectivity index (χ4v) is 3.89. The lowest BCUT2D eigenvalue weighted by Crippen LogP contribution is -2.20. The summed E-state index contributed by atoms with van der Waals surface area (Å²) in [5.74, 6) is 0.674. The number of imidazole rings is 1. The molecule has 4 heteroatoms. The highest BCUT2D eigenvalue weighted by atomic mass is 32.2. The summed E-state index contributed by atoms with van der Waals surface area (Å²) in [7, 11) is 0. The van der Waals surface area contributed by atoms with Crippen LogP contribution in [0.3, 0.4) is 0 Å². The second-order valence-electron chi connectivity index (χ2n) is 5.50. The Morgan fingerprint density at radius 2 is 2.00 bits per heavy atom. The van der Waals surface area contributed by atoms with E-state index in [1.54, 1.807) is 0 Å². The van der Waals surface area contributed by atoms with Gasteiger partial charge in [-0.15, -0.1) is 0 Å². The first-order valence-electron chi connectivity index (χ1n) is 6.96. The monoisotopic (exact) mass is 275 g/mol. The van der Waals surface area contributed by atoms with E-state index in [1.165, 1.54) is 36.8 Å². The number of anilines is 1. The predicted octanol–water partition coefficient (Wildman–Crippen LogP) is 3.77. The first kappa shape index (κ1) is 12.9. The number of nitrogens with zero attached hydrogens (tertiary/aromatic N) is 2. The maximum absolute atomic E-state index is 6.15. The van der Waals surface area contributed by atoms with Gasteiger partial charge in [0, 0.05) is 11.3 Å². The van der Waals surface area contributed by atoms with Crippen molar-refractivity contribution in [3.8, 4) is 0 Å². The Balaban J connectivity index is 1.94. The topological polar surface area (TPSA) is 43.8 Å². The molecule has 0 unspecified atom stereocenters. The fraction of sp³-hybridized carbons (Fsp3) is 0.533. The third kappa shape index (κ3) is 2.34. The van der Waals surface area contributed by atoms with Gasteiger partial charge in [0.1, 0.15) is 0 Å². The molecule has 0 atom stereocenters. The summed E-state index contributed by atoms with van der Waals surface area (Å²) < 4.78 is 2.26. The normalized spacial score (nSPS) is 23.9. The molecule has 0 saturated heterocycles. The van der Waals surface area contributed by atoms with Crippen molar-refractivity contribution in [2.75, 3.05) is 12.0 Å². The smallest absolute Gasteiger partial charge is 0.201 e. The van der Waals surface area contributed by atoms with E-state index >= 15 is 0 Å². The lowest BCUT2D eigenvalue weighted by atomic mass is 9.94. The first-order valence-corrected chi connectivity index (χ1v) is 8.24. The number of aromatic nitrogens is 2. The molecule has 2 aromatic rings. The van der Waals surface area contributed by atoms with Crippen molar-refractivity contribution in [1.82, 2.24) is 9.55 Å². The Morgan fingerprint density at radius 1 is 1.26 bits per heavy atom. The average Bonchev–Trinajstić information content (AvgIpc) is 2.74. The Bertz CT molecular complexity index is 582. The molecule has 1 fully saturated rings. The summed E-state index contributed by atoms with van der Waals surface area (Å²) in [6, 6.07) is 6.95. The van der Waals surface area contributed by atoms with Crippen molar-refractivity contribution >= 4 is 28.7 Å². The number of benzene rings is 1. The van der Waals surface area contributed by atoms with E-state index < -0.39 is 0 Å². The minimum Gasteiger partial charge on any atom is -0.369 e. The van der Waals surface area contributed by atoms with Gasteiger partial charge in [-0.25, -0.2) is 4.98 Å². The summed E-state index contributed by atoms with van der Waals surface area (Å²) >= 11 is 2.00. The average molecular weight is 275 g/mol. The number of nitrogens with two attached hydrogens (primary N) is 1. The van der Waals surface area contributed by atoms with Crippen LogP contribution in [-0.4, -0.2) is 21.1 Å². The molecule has 0 bridgehead atoms. The maximum Gasteiger partial charge on any atom is 0.201 e. The molecule has 1 aliphatic rings. The van der Waals surface area contributed by atoms with Crippen LogP contribution in [0.2, 0.25) is 0 Å². The zero-order chi connectivity index (χ0) is 13.4. The van der Waals surface area contributed by atoms with Gasteiger partial charge in [0.25, 0.3) is 0 Å². The van der Waals surface area contributed by atoms with Gasteiger partial charge in [-0.1, -0.05) is 6.07 Å². The van der Waals surface area contributed by atoms with Crippen molar-refractivity contribution in [2.24, 2.45) is 0 Å². The Labute approximate surface area is 118 Å². The Hall–Kier alpha value is -1.16. The van der Waals surface area contributed by atoms with Crippen LogP contribution in [0.5, 0.6) is 0 Å². The molecule has 0 amide bonds. The SMILES string of the molecule is CSC1CCC(n2c(N)nc3cc(C)ccc32)CC1. The number of rotatable bonds is 2. The molecule has 1 saturated carbocycles. The van der Waals surface area contributed by atoms with E-state index in [9.17, 15) is 0 Å². The highest BCUT2D eigenvalue weighted by Gasteiger charge is 2.24. The minimum absolute atomic E-state index is 0.524. The van der Waals surface area contributed by atoms with Crippen molar-refractivity contribution < 1.29 is 0 Å². The molecule has 2 N–H and O–H groups in total. The van der Waals surface area contributed by atoms with Crippen molar-refractivity contribution in [3.63, 3.8) is 0 Å². The maximum atomic E-state index is 6.15. The minimum atomic E-state index is 0.524.